The van der Waals surface area contributed by atoms with E-state index in [-0.39, 0.29) is 5.92 Å². The summed E-state index contributed by atoms with van der Waals surface area (Å²) in [6, 6.07) is 17.5. The molecule has 0 aliphatic rings. The molecule has 2 aromatic carbocycles. The molecule has 0 heterocycles. The summed E-state index contributed by atoms with van der Waals surface area (Å²) >= 11 is 0. The Morgan fingerprint density at radius 2 is 1.44 bits per heavy atom. The maximum atomic E-state index is 3.98. The van der Waals surface area contributed by atoms with Gasteiger partial charge in [-0.05, 0) is 30.0 Å². The highest BCUT2D eigenvalue weighted by atomic mass is 14.1. The van der Waals surface area contributed by atoms with Crippen LogP contribution in [0.5, 0.6) is 0 Å². The van der Waals surface area contributed by atoms with Gasteiger partial charge in [-0.3, -0.25) is 0 Å². The van der Waals surface area contributed by atoms with Crippen LogP contribution in [0.25, 0.3) is 0 Å². The summed E-state index contributed by atoms with van der Waals surface area (Å²) in [4.78, 5) is 0. The molecular formula is C18H20. The van der Waals surface area contributed by atoms with Gasteiger partial charge >= 0.3 is 0 Å². The van der Waals surface area contributed by atoms with E-state index in [0.717, 1.165) is 6.42 Å². The Balaban J connectivity index is 2.32. The smallest absolute Gasteiger partial charge is 0.0266 e. The lowest BCUT2D eigenvalue weighted by Gasteiger charge is -2.14. The highest BCUT2D eigenvalue weighted by Crippen LogP contribution is 2.26. The predicted octanol–water partition coefficient (Wildman–Crippen LogP) is 4.88. The molecule has 0 aromatic heterocycles. The zero-order valence-electron chi connectivity index (χ0n) is 11.2. The van der Waals surface area contributed by atoms with E-state index in [1.165, 1.54) is 22.3 Å². The topological polar surface area (TPSA) is 0 Å². The highest BCUT2D eigenvalue weighted by molar-refractivity contribution is 5.38. The second-order valence-corrected chi connectivity index (χ2v) is 4.72. The van der Waals surface area contributed by atoms with Gasteiger partial charge in [-0.15, -0.1) is 6.58 Å². The Hall–Kier alpha value is -1.82. The van der Waals surface area contributed by atoms with Crippen molar-refractivity contribution in [3.63, 3.8) is 0 Å². The van der Waals surface area contributed by atoms with Crippen molar-refractivity contribution in [3.8, 4) is 0 Å². The molecule has 0 saturated carbocycles. The van der Waals surface area contributed by atoms with Crippen LogP contribution in [0.4, 0.5) is 0 Å². The van der Waals surface area contributed by atoms with Crippen molar-refractivity contribution in [2.45, 2.75) is 26.2 Å². The van der Waals surface area contributed by atoms with E-state index in [1.807, 2.05) is 6.08 Å². The summed E-state index contributed by atoms with van der Waals surface area (Å²) in [7, 11) is 0. The van der Waals surface area contributed by atoms with Crippen molar-refractivity contribution < 1.29 is 0 Å². The molecule has 2 aromatic rings. The van der Waals surface area contributed by atoms with Crippen LogP contribution in [-0.2, 0) is 6.42 Å². The Kier molecular flexibility index (Phi) is 3.99. The van der Waals surface area contributed by atoms with Crippen LogP contribution in [0, 0.1) is 6.92 Å². The van der Waals surface area contributed by atoms with Crippen molar-refractivity contribution >= 4 is 0 Å². The van der Waals surface area contributed by atoms with Crippen LogP contribution in [0.15, 0.2) is 61.2 Å². The monoisotopic (exact) mass is 236 g/mol. The van der Waals surface area contributed by atoms with E-state index in [0.29, 0.717) is 0 Å². The molecule has 0 amide bonds. The predicted molar refractivity (Wildman–Crippen MR) is 79.0 cm³/mol. The Bertz CT molecular complexity index is 503. The second kappa shape index (κ2) is 5.68. The number of hydrogen-bond acceptors (Lipinski definition) is 0. The van der Waals surface area contributed by atoms with Gasteiger partial charge in [0.2, 0.25) is 0 Å². The first kappa shape index (κ1) is 12.6. The van der Waals surface area contributed by atoms with Crippen molar-refractivity contribution in [1.82, 2.24) is 0 Å². The van der Waals surface area contributed by atoms with Crippen LogP contribution < -0.4 is 0 Å². The van der Waals surface area contributed by atoms with E-state index >= 15 is 0 Å². The minimum absolute atomic E-state index is 0.288. The normalized spacial score (nSPS) is 12.1. The molecule has 0 bridgehead atoms. The number of rotatable bonds is 4. The van der Waals surface area contributed by atoms with E-state index in [1.54, 1.807) is 0 Å². The van der Waals surface area contributed by atoms with Gasteiger partial charge in [0.25, 0.3) is 0 Å². The largest absolute Gasteiger partial charge is 0.102 e. The molecule has 0 nitrogen and oxygen atoms in total. The van der Waals surface area contributed by atoms with Crippen LogP contribution in [0.3, 0.4) is 0 Å². The van der Waals surface area contributed by atoms with Crippen molar-refractivity contribution in [3.05, 3.63) is 83.4 Å². The molecular weight excluding hydrogens is 216 g/mol. The van der Waals surface area contributed by atoms with Gasteiger partial charge in [0.05, 0.1) is 0 Å². The van der Waals surface area contributed by atoms with Gasteiger partial charge in [-0.1, -0.05) is 67.1 Å². The number of hydrogen-bond donors (Lipinski definition) is 0. The molecule has 1 atom stereocenters. The molecule has 0 radical (unpaired) electrons. The van der Waals surface area contributed by atoms with Gasteiger partial charge in [-0.25, -0.2) is 0 Å². The standard InChI is InChI=1S/C18H20/c1-4-15-8-12-17(13-9-15)18(5-2)16-10-6-14(3)7-11-16/h5-13,18H,2,4H2,1,3H3. The molecule has 0 aliphatic carbocycles. The van der Waals surface area contributed by atoms with E-state index in [2.05, 4.69) is 69.0 Å². The second-order valence-electron chi connectivity index (χ2n) is 4.72. The van der Waals surface area contributed by atoms with Gasteiger partial charge in [0, 0.05) is 5.92 Å². The fourth-order valence-corrected chi connectivity index (χ4v) is 2.20. The van der Waals surface area contributed by atoms with Crippen LogP contribution >= 0.6 is 0 Å². The van der Waals surface area contributed by atoms with Gasteiger partial charge < -0.3 is 0 Å². The number of benzene rings is 2. The molecule has 0 fully saturated rings. The molecule has 0 spiro atoms. The van der Waals surface area contributed by atoms with Gasteiger partial charge in [0.15, 0.2) is 0 Å². The third-order valence-electron chi connectivity index (χ3n) is 3.42. The van der Waals surface area contributed by atoms with Gasteiger partial charge in [0.1, 0.15) is 0 Å². The maximum absolute atomic E-state index is 3.98. The molecule has 1 unspecified atom stereocenters. The van der Waals surface area contributed by atoms with Gasteiger partial charge in [-0.2, -0.15) is 0 Å². The molecule has 0 saturated heterocycles. The summed E-state index contributed by atoms with van der Waals surface area (Å²) in [5.41, 5.74) is 5.29. The lowest BCUT2D eigenvalue weighted by molar-refractivity contribution is 1.02. The first-order valence-electron chi connectivity index (χ1n) is 6.52. The third-order valence-corrected chi connectivity index (χ3v) is 3.42. The van der Waals surface area contributed by atoms with E-state index < -0.39 is 0 Å². The molecule has 0 aliphatic heterocycles. The zero-order chi connectivity index (χ0) is 13.0. The first-order valence-corrected chi connectivity index (χ1v) is 6.52. The fraction of sp³-hybridized carbons (Fsp3) is 0.222. The minimum atomic E-state index is 0.288. The van der Waals surface area contributed by atoms with E-state index in [9.17, 15) is 0 Å². The summed E-state index contributed by atoms with van der Waals surface area (Å²) < 4.78 is 0. The molecule has 92 valence electrons. The van der Waals surface area contributed by atoms with Crippen molar-refractivity contribution in [2.75, 3.05) is 0 Å². The Morgan fingerprint density at radius 3 is 1.89 bits per heavy atom. The molecule has 2 rings (SSSR count). The quantitative estimate of drug-likeness (QED) is 0.664. The minimum Gasteiger partial charge on any atom is -0.102 e. The SMILES string of the molecule is C=CC(c1ccc(C)cc1)c1ccc(CC)cc1. The maximum Gasteiger partial charge on any atom is 0.0266 e. The summed E-state index contributed by atoms with van der Waals surface area (Å²) in [6.45, 7) is 8.27. The Morgan fingerprint density at radius 1 is 0.944 bits per heavy atom. The van der Waals surface area contributed by atoms with Crippen LogP contribution in [0.1, 0.15) is 35.1 Å². The molecule has 18 heavy (non-hydrogen) atoms. The van der Waals surface area contributed by atoms with E-state index in [4.69, 9.17) is 0 Å². The highest BCUT2D eigenvalue weighted by Gasteiger charge is 2.09. The number of aryl methyl sites for hydroxylation is 2. The molecule has 0 heteroatoms. The third kappa shape index (κ3) is 2.70. The first-order chi connectivity index (χ1) is 8.74. The lowest BCUT2D eigenvalue weighted by atomic mass is 9.90. The lowest BCUT2D eigenvalue weighted by Crippen LogP contribution is -1.97. The van der Waals surface area contributed by atoms with Crippen LogP contribution in [0.2, 0.25) is 0 Å². The van der Waals surface area contributed by atoms with Crippen molar-refractivity contribution in [2.24, 2.45) is 0 Å². The summed E-state index contributed by atoms with van der Waals surface area (Å²) in [5.74, 6) is 0.288. The summed E-state index contributed by atoms with van der Waals surface area (Å²) in [6.07, 6.45) is 3.11. The van der Waals surface area contributed by atoms with Crippen molar-refractivity contribution in [1.29, 1.82) is 0 Å². The summed E-state index contributed by atoms with van der Waals surface area (Å²) in [5, 5.41) is 0. The average Bonchev–Trinajstić information content (AvgIpc) is 2.42. The molecule has 0 N–H and O–H groups in total. The fourth-order valence-electron chi connectivity index (χ4n) is 2.20. The average molecular weight is 236 g/mol. The van der Waals surface area contributed by atoms with Crippen LogP contribution in [-0.4, -0.2) is 0 Å². The number of allylic oxidation sites excluding steroid dienone is 1. The zero-order valence-corrected chi connectivity index (χ0v) is 11.2. The Labute approximate surface area is 110 Å².